The van der Waals surface area contributed by atoms with E-state index >= 15 is 0 Å². The number of benzene rings is 4. The van der Waals surface area contributed by atoms with Gasteiger partial charge in [0.1, 0.15) is 11.1 Å². The number of hydrogen-bond donors (Lipinski definition) is 1. The molecule has 0 atom stereocenters. The SMILES string of the molecule is CC(C)(C)OC(=O)N1CCN(Cc2ccc3oc(-c4ccccc4NC(=O)c4ccc5ccccc5c4)nc3c2)CC1. The number of anilines is 1. The van der Waals surface area contributed by atoms with Gasteiger partial charge in [0.25, 0.3) is 5.91 Å². The maximum absolute atomic E-state index is 13.2. The number of amides is 2. The van der Waals surface area contributed by atoms with Crippen LogP contribution in [0.1, 0.15) is 36.7 Å². The first-order valence-corrected chi connectivity index (χ1v) is 14.2. The van der Waals surface area contributed by atoms with Crippen molar-refractivity contribution < 1.29 is 18.7 Å². The minimum Gasteiger partial charge on any atom is -0.444 e. The number of nitrogens with one attached hydrogen (secondary N) is 1. The zero-order chi connectivity index (χ0) is 29.3. The van der Waals surface area contributed by atoms with E-state index in [9.17, 15) is 9.59 Å². The highest BCUT2D eigenvalue weighted by molar-refractivity contribution is 6.08. The van der Waals surface area contributed by atoms with Gasteiger partial charge in [-0.1, -0.05) is 48.5 Å². The molecule has 1 aromatic heterocycles. The zero-order valence-electron chi connectivity index (χ0n) is 24.1. The Morgan fingerprint density at radius 2 is 1.62 bits per heavy atom. The highest BCUT2D eigenvalue weighted by Gasteiger charge is 2.26. The van der Waals surface area contributed by atoms with E-state index in [0.717, 1.165) is 41.5 Å². The van der Waals surface area contributed by atoms with Gasteiger partial charge in [-0.15, -0.1) is 0 Å². The summed E-state index contributed by atoms with van der Waals surface area (Å²) < 4.78 is 11.6. The molecule has 1 fully saturated rings. The first kappa shape index (κ1) is 27.5. The number of hydrogen-bond acceptors (Lipinski definition) is 6. The molecular weight excluding hydrogens is 528 g/mol. The van der Waals surface area contributed by atoms with Crippen LogP contribution in [0.15, 0.2) is 89.3 Å². The number of piperazine rings is 1. The van der Waals surface area contributed by atoms with Gasteiger partial charge in [0, 0.05) is 38.3 Å². The maximum Gasteiger partial charge on any atom is 0.410 e. The number of carbonyl (C=O) groups is 2. The van der Waals surface area contributed by atoms with E-state index in [0.29, 0.717) is 41.4 Å². The molecule has 8 heteroatoms. The minimum absolute atomic E-state index is 0.196. The van der Waals surface area contributed by atoms with Crippen LogP contribution in [-0.2, 0) is 11.3 Å². The summed E-state index contributed by atoms with van der Waals surface area (Å²) in [7, 11) is 0. The Morgan fingerprint density at radius 3 is 2.40 bits per heavy atom. The topological polar surface area (TPSA) is 87.9 Å². The van der Waals surface area contributed by atoms with E-state index in [4.69, 9.17) is 14.1 Å². The van der Waals surface area contributed by atoms with Gasteiger partial charge in [-0.05, 0) is 73.5 Å². The minimum atomic E-state index is -0.497. The summed E-state index contributed by atoms with van der Waals surface area (Å²) in [5.41, 5.74) is 3.98. The normalized spacial score (nSPS) is 14.3. The summed E-state index contributed by atoms with van der Waals surface area (Å²) in [4.78, 5) is 34.4. The Balaban J connectivity index is 1.15. The number of para-hydroxylation sites is 1. The van der Waals surface area contributed by atoms with Crippen LogP contribution in [0.25, 0.3) is 33.3 Å². The Bertz CT molecular complexity index is 1760. The van der Waals surface area contributed by atoms with E-state index < -0.39 is 5.60 Å². The van der Waals surface area contributed by atoms with Crippen molar-refractivity contribution in [2.75, 3.05) is 31.5 Å². The zero-order valence-corrected chi connectivity index (χ0v) is 24.1. The first-order valence-electron chi connectivity index (χ1n) is 14.2. The monoisotopic (exact) mass is 562 g/mol. The molecule has 0 aliphatic carbocycles. The molecule has 0 spiro atoms. The quantitative estimate of drug-likeness (QED) is 0.249. The summed E-state index contributed by atoms with van der Waals surface area (Å²) >= 11 is 0. The third-order valence-electron chi connectivity index (χ3n) is 7.30. The average Bonchev–Trinajstić information content (AvgIpc) is 3.40. The summed E-state index contributed by atoms with van der Waals surface area (Å²) in [5, 5.41) is 5.14. The Hall–Kier alpha value is -4.69. The molecule has 214 valence electrons. The van der Waals surface area contributed by atoms with Gasteiger partial charge in [0.05, 0.1) is 11.3 Å². The van der Waals surface area contributed by atoms with Crippen LogP contribution in [0.3, 0.4) is 0 Å². The number of ether oxygens (including phenoxy) is 1. The van der Waals surface area contributed by atoms with Crippen molar-refractivity contribution in [3.8, 4) is 11.5 Å². The number of fused-ring (bicyclic) bond motifs is 2. The molecule has 1 saturated heterocycles. The fourth-order valence-electron chi connectivity index (χ4n) is 5.16. The standard InChI is InChI=1S/C34H34N4O4/c1-34(2,3)42-33(40)38-18-16-37(17-19-38)22-23-12-15-30-29(20-23)36-32(41-30)27-10-6-7-11-28(27)35-31(39)26-14-13-24-8-4-5-9-25(24)21-26/h4-15,20-21H,16-19,22H2,1-3H3,(H,35,39). The van der Waals surface area contributed by atoms with Gasteiger partial charge >= 0.3 is 6.09 Å². The van der Waals surface area contributed by atoms with Crippen LogP contribution in [-0.4, -0.2) is 58.6 Å². The van der Waals surface area contributed by atoms with Crippen molar-refractivity contribution >= 4 is 39.6 Å². The summed E-state index contributed by atoms with van der Waals surface area (Å²) in [6.45, 7) is 9.20. The Labute approximate surface area is 244 Å². The van der Waals surface area contributed by atoms with E-state index in [1.54, 1.807) is 4.90 Å². The largest absolute Gasteiger partial charge is 0.444 e. The van der Waals surface area contributed by atoms with Crippen LogP contribution in [0.4, 0.5) is 10.5 Å². The number of nitrogens with zero attached hydrogens (tertiary/aromatic N) is 3. The van der Waals surface area contributed by atoms with Crippen LogP contribution >= 0.6 is 0 Å². The van der Waals surface area contributed by atoms with Crippen molar-refractivity contribution in [1.29, 1.82) is 0 Å². The Kier molecular flexibility index (Phi) is 7.39. The molecule has 6 rings (SSSR count). The summed E-state index contributed by atoms with van der Waals surface area (Å²) in [5.74, 6) is 0.251. The molecule has 1 aliphatic rings. The lowest BCUT2D eigenvalue weighted by molar-refractivity contribution is 0.0139. The third-order valence-corrected chi connectivity index (χ3v) is 7.30. The van der Waals surface area contributed by atoms with Crippen molar-refractivity contribution in [3.05, 3.63) is 96.1 Å². The van der Waals surface area contributed by atoms with Crippen molar-refractivity contribution in [2.24, 2.45) is 0 Å². The van der Waals surface area contributed by atoms with Gasteiger partial charge < -0.3 is 19.4 Å². The van der Waals surface area contributed by atoms with Crippen LogP contribution in [0.5, 0.6) is 0 Å². The predicted molar refractivity (Wildman–Crippen MR) is 164 cm³/mol. The smallest absolute Gasteiger partial charge is 0.410 e. The molecule has 1 N–H and O–H groups in total. The number of aromatic nitrogens is 1. The molecule has 0 saturated carbocycles. The maximum atomic E-state index is 13.2. The van der Waals surface area contributed by atoms with Crippen molar-refractivity contribution in [1.82, 2.24) is 14.8 Å². The lowest BCUT2D eigenvalue weighted by atomic mass is 10.1. The van der Waals surface area contributed by atoms with E-state index in [1.165, 1.54) is 0 Å². The van der Waals surface area contributed by atoms with Crippen LogP contribution in [0.2, 0.25) is 0 Å². The molecule has 0 bridgehead atoms. The second-order valence-electron chi connectivity index (χ2n) is 11.6. The molecule has 2 heterocycles. The predicted octanol–water partition coefficient (Wildman–Crippen LogP) is 6.95. The van der Waals surface area contributed by atoms with Gasteiger partial charge in [-0.2, -0.15) is 0 Å². The summed E-state index contributed by atoms with van der Waals surface area (Å²) in [6.07, 6.45) is -0.257. The fraction of sp³-hybridized carbons (Fsp3) is 0.265. The van der Waals surface area contributed by atoms with E-state index in [-0.39, 0.29) is 12.0 Å². The number of carbonyl (C=O) groups excluding carboxylic acids is 2. The highest BCUT2D eigenvalue weighted by atomic mass is 16.6. The molecule has 2 amide bonds. The van der Waals surface area contributed by atoms with Crippen LogP contribution in [0, 0.1) is 0 Å². The lowest BCUT2D eigenvalue weighted by Gasteiger charge is -2.35. The van der Waals surface area contributed by atoms with Crippen LogP contribution < -0.4 is 5.32 Å². The van der Waals surface area contributed by atoms with Gasteiger partial charge in [-0.25, -0.2) is 9.78 Å². The summed E-state index contributed by atoms with van der Waals surface area (Å²) in [6, 6.07) is 27.2. The third kappa shape index (κ3) is 6.14. The molecule has 0 unspecified atom stereocenters. The molecule has 8 nitrogen and oxygen atoms in total. The lowest BCUT2D eigenvalue weighted by Crippen LogP contribution is -2.49. The second-order valence-corrected chi connectivity index (χ2v) is 11.6. The number of oxazole rings is 1. The molecule has 1 aliphatic heterocycles. The first-order chi connectivity index (χ1) is 20.2. The molecular formula is C34H34N4O4. The highest BCUT2D eigenvalue weighted by Crippen LogP contribution is 2.31. The average molecular weight is 563 g/mol. The fourth-order valence-corrected chi connectivity index (χ4v) is 5.16. The van der Waals surface area contributed by atoms with Crippen molar-refractivity contribution in [3.63, 3.8) is 0 Å². The van der Waals surface area contributed by atoms with E-state index in [2.05, 4.69) is 10.2 Å². The van der Waals surface area contributed by atoms with E-state index in [1.807, 2.05) is 106 Å². The van der Waals surface area contributed by atoms with Gasteiger partial charge in [0.2, 0.25) is 5.89 Å². The molecule has 0 radical (unpaired) electrons. The Morgan fingerprint density at radius 1 is 0.881 bits per heavy atom. The van der Waals surface area contributed by atoms with Gasteiger partial charge in [-0.3, -0.25) is 9.69 Å². The molecule has 5 aromatic rings. The molecule has 4 aromatic carbocycles. The second kappa shape index (κ2) is 11.3. The van der Waals surface area contributed by atoms with Gasteiger partial charge in [0.15, 0.2) is 5.58 Å². The number of rotatable bonds is 5. The molecule has 42 heavy (non-hydrogen) atoms. The van der Waals surface area contributed by atoms with Crippen molar-refractivity contribution in [2.45, 2.75) is 32.9 Å².